The molecule has 0 radical (unpaired) electrons. The van der Waals surface area contributed by atoms with Crippen LogP contribution in [0.15, 0.2) is 18.2 Å². The fourth-order valence-electron chi connectivity index (χ4n) is 0.872. The highest BCUT2D eigenvalue weighted by atomic mass is 32.2. The van der Waals surface area contributed by atoms with Crippen molar-refractivity contribution in [1.82, 2.24) is 9.71 Å². The highest BCUT2D eigenvalue weighted by Gasteiger charge is 2.01. The Morgan fingerprint density at radius 2 is 2.23 bits per heavy atom. The van der Waals surface area contributed by atoms with E-state index in [1.165, 1.54) is 0 Å². The fraction of sp³-hybridized carbons (Fsp3) is 0.286. The summed E-state index contributed by atoms with van der Waals surface area (Å²) in [6.07, 6.45) is 0. The maximum absolute atomic E-state index is 10.5. The summed E-state index contributed by atoms with van der Waals surface area (Å²) in [4.78, 5) is 4.09. The molecule has 1 rings (SSSR count). The van der Waals surface area contributed by atoms with Crippen molar-refractivity contribution in [2.75, 3.05) is 0 Å². The molecule has 0 unspecified atom stereocenters. The lowest BCUT2D eigenvalue weighted by Crippen LogP contribution is -2.30. The Labute approximate surface area is 77.2 Å². The van der Waals surface area contributed by atoms with Gasteiger partial charge >= 0.3 is 0 Å². The molecule has 0 aliphatic heterocycles. The van der Waals surface area contributed by atoms with E-state index in [-0.39, 0.29) is 6.54 Å². The van der Waals surface area contributed by atoms with Gasteiger partial charge in [0.1, 0.15) is 0 Å². The van der Waals surface area contributed by atoms with Gasteiger partial charge < -0.3 is 0 Å². The Kier molecular flexibility index (Phi) is 2.97. The molecule has 0 amide bonds. The molecular weight excluding hydrogens is 190 g/mol. The molecule has 0 spiro atoms. The minimum absolute atomic E-state index is 0.126. The summed E-state index contributed by atoms with van der Waals surface area (Å²) >= 11 is 0. The summed E-state index contributed by atoms with van der Waals surface area (Å²) < 4.78 is 23.2. The summed E-state index contributed by atoms with van der Waals surface area (Å²) in [5.41, 5.74) is 1.49. The average molecular weight is 201 g/mol. The van der Waals surface area contributed by atoms with Crippen molar-refractivity contribution in [3.63, 3.8) is 0 Å². The third kappa shape index (κ3) is 3.97. The monoisotopic (exact) mass is 201 g/mol. The van der Waals surface area contributed by atoms with Crippen LogP contribution in [-0.2, 0) is 16.8 Å². The van der Waals surface area contributed by atoms with Crippen molar-refractivity contribution in [1.29, 1.82) is 0 Å². The summed E-state index contributed by atoms with van der Waals surface area (Å²) in [5.74, 6) is 0. The lowest BCUT2D eigenvalue weighted by atomic mass is 10.3. The Morgan fingerprint density at radius 3 is 2.77 bits per heavy atom. The maximum atomic E-state index is 10.5. The topological polar surface area (TPSA) is 85.1 Å². The SMILES string of the molecule is Cc1cccc(CNS(N)(=O)=O)n1. The molecule has 13 heavy (non-hydrogen) atoms. The normalized spacial score (nSPS) is 11.5. The number of nitrogens with one attached hydrogen (secondary N) is 1. The zero-order valence-electron chi connectivity index (χ0n) is 7.19. The fourth-order valence-corrected chi connectivity index (χ4v) is 1.22. The third-order valence-corrected chi connectivity index (χ3v) is 1.95. The van der Waals surface area contributed by atoms with Gasteiger partial charge in [-0.1, -0.05) is 6.07 Å². The van der Waals surface area contributed by atoms with Gasteiger partial charge in [0.2, 0.25) is 0 Å². The number of pyridine rings is 1. The van der Waals surface area contributed by atoms with E-state index in [4.69, 9.17) is 5.14 Å². The number of aromatic nitrogens is 1. The van der Waals surface area contributed by atoms with Crippen molar-refractivity contribution >= 4 is 10.2 Å². The predicted octanol–water partition coefficient (Wildman–Crippen LogP) is -0.317. The molecule has 0 bridgehead atoms. The van der Waals surface area contributed by atoms with Gasteiger partial charge in [0.05, 0.1) is 12.2 Å². The molecule has 0 aliphatic carbocycles. The summed E-state index contributed by atoms with van der Waals surface area (Å²) in [6, 6.07) is 5.37. The number of hydrogen-bond acceptors (Lipinski definition) is 3. The van der Waals surface area contributed by atoms with Crippen molar-refractivity contribution < 1.29 is 8.42 Å². The van der Waals surface area contributed by atoms with Crippen LogP contribution in [0.5, 0.6) is 0 Å². The molecule has 72 valence electrons. The molecule has 1 heterocycles. The van der Waals surface area contributed by atoms with Crippen molar-refractivity contribution in [3.8, 4) is 0 Å². The first kappa shape index (κ1) is 10.1. The number of aryl methyl sites for hydroxylation is 1. The van der Waals surface area contributed by atoms with Crippen molar-refractivity contribution in [2.45, 2.75) is 13.5 Å². The molecule has 0 saturated heterocycles. The zero-order chi connectivity index (χ0) is 9.90. The van der Waals surface area contributed by atoms with Gasteiger partial charge in [-0.25, -0.2) is 5.14 Å². The lowest BCUT2D eigenvalue weighted by molar-refractivity contribution is 0.582. The van der Waals surface area contributed by atoms with Crippen molar-refractivity contribution in [3.05, 3.63) is 29.6 Å². The smallest absolute Gasteiger partial charge is 0.257 e. The van der Waals surface area contributed by atoms with Crippen molar-refractivity contribution in [2.24, 2.45) is 5.14 Å². The van der Waals surface area contributed by atoms with E-state index in [9.17, 15) is 8.42 Å². The summed E-state index contributed by atoms with van der Waals surface area (Å²) in [5, 5.41) is 4.75. The minimum Gasteiger partial charge on any atom is -0.257 e. The standard InChI is InChI=1S/C7H11N3O2S/c1-6-3-2-4-7(10-6)5-9-13(8,11)12/h2-4,9H,5H2,1H3,(H2,8,11,12). The Morgan fingerprint density at radius 1 is 1.54 bits per heavy atom. The average Bonchev–Trinajstić information content (AvgIpc) is 2.00. The summed E-state index contributed by atoms with van der Waals surface area (Å²) in [7, 11) is -3.63. The highest BCUT2D eigenvalue weighted by Crippen LogP contribution is 1.97. The van der Waals surface area contributed by atoms with E-state index in [2.05, 4.69) is 9.71 Å². The van der Waals surface area contributed by atoms with E-state index >= 15 is 0 Å². The van der Waals surface area contributed by atoms with Crippen LogP contribution in [0.1, 0.15) is 11.4 Å². The van der Waals surface area contributed by atoms with Gasteiger partial charge in [-0.15, -0.1) is 0 Å². The molecule has 0 saturated carbocycles. The largest absolute Gasteiger partial charge is 0.274 e. The van der Waals surface area contributed by atoms with Crippen LogP contribution in [0.3, 0.4) is 0 Å². The molecule has 6 heteroatoms. The lowest BCUT2D eigenvalue weighted by Gasteiger charge is -2.01. The van der Waals surface area contributed by atoms with Crippen LogP contribution in [-0.4, -0.2) is 13.4 Å². The number of rotatable bonds is 3. The Balaban J connectivity index is 2.65. The van der Waals surface area contributed by atoms with Crippen LogP contribution in [0, 0.1) is 6.92 Å². The summed E-state index contributed by atoms with van der Waals surface area (Å²) in [6.45, 7) is 1.96. The molecule has 0 fully saturated rings. The van der Waals surface area contributed by atoms with E-state index in [1.54, 1.807) is 6.07 Å². The number of nitrogens with two attached hydrogens (primary N) is 1. The maximum Gasteiger partial charge on any atom is 0.274 e. The Hall–Kier alpha value is -0.980. The minimum atomic E-state index is -3.63. The van der Waals surface area contributed by atoms with Gasteiger partial charge in [-0.3, -0.25) is 4.98 Å². The number of hydrogen-bond donors (Lipinski definition) is 2. The van der Waals surface area contributed by atoms with Gasteiger partial charge in [-0.05, 0) is 19.1 Å². The van der Waals surface area contributed by atoms with E-state index < -0.39 is 10.2 Å². The quantitative estimate of drug-likeness (QED) is 0.703. The highest BCUT2D eigenvalue weighted by molar-refractivity contribution is 7.87. The second kappa shape index (κ2) is 3.82. The zero-order valence-corrected chi connectivity index (χ0v) is 8.00. The second-order valence-corrected chi connectivity index (χ2v) is 4.02. The molecule has 1 aromatic heterocycles. The predicted molar refractivity (Wildman–Crippen MR) is 48.9 cm³/mol. The molecule has 0 aliphatic rings. The molecule has 5 nitrogen and oxygen atoms in total. The van der Waals surface area contributed by atoms with Gasteiger partial charge in [0.15, 0.2) is 0 Å². The van der Waals surface area contributed by atoms with Crippen LogP contribution in [0.25, 0.3) is 0 Å². The van der Waals surface area contributed by atoms with Gasteiger partial charge in [0, 0.05) is 5.69 Å². The van der Waals surface area contributed by atoms with Crippen LogP contribution < -0.4 is 9.86 Å². The van der Waals surface area contributed by atoms with Crippen LogP contribution >= 0.6 is 0 Å². The van der Waals surface area contributed by atoms with E-state index in [0.29, 0.717) is 5.69 Å². The molecule has 0 atom stereocenters. The third-order valence-electron chi connectivity index (χ3n) is 1.40. The van der Waals surface area contributed by atoms with Crippen LogP contribution in [0.2, 0.25) is 0 Å². The molecule has 1 aromatic rings. The molecule has 3 N–H and O–H groups in total. The first-order valence-corrected chi connectivity index (χ1v) is 5.22. The van der Waals surface area contributed by atoms with Gasteiger partial charge in [-0.2, -0.15) is 13.1 Å². The number of nitrogens with zero attached hydrogens (tertiary/aromatic N) is 1. The first-order valence-electron chi connectivity index (χ1n) is 3.67. The van der Waals surface area contributed by atoms with Gasteiger partial charge in [0.25, 0.3) is 10.2 Å². The molecule has 0 aromatic carbocycles. The van der Waals surface area contributed by atoms with E-state index in [1.807, 2.05) is 19.1 Å². The first-order chi connectivity index (χ1) is 5.97. The molecular formula is C7H11N3O2S. The van der Waals surface area contributed by atoms with Crippen LogP contribution in [0.4, 0.5) is 0 Å². The van der Waals surface area contributed by atoms with E-state index in [0.717, 1.165) is 5.69 Å². The Bertz CT molecular complexity index is 388. The second-order valence-electron chi connectivity index (χ2n) is 2.64.